The number of nitro groups is 1. The van der Waals surface area contributed by atoms with Crippen molar-refractivity contribution in [2.45, 2.75) is 13.1 Å². The number of nitrogens with one attached hydrogen (secondary N) is 1. The maximum Gasteiger partial charge on any atom is 0.422 e. The predicted molar refractivity (Wildman–Crippen MR) is 69.4 cm³/mol. The molecule has 0 saturated heterocycles. The fourth-order valence-electron chi connectivity index (χ4n) is 1.94. The number of hydrogen-bond acceptors (Lipinski definition) is 4. The summed E-state index contributed by atoms with van der Waals surface area (Å²) in [5.41, 5.74) is -5.60. The van der Waals surface area contributed by atoms with Gasteiger partial charge >= 0.3 is 11.9 Å². The smallest absolute Gasteiger partial charge is 0.304 e. The molecule has 0 aliphatic carbocycles. The highest BCUT2D eigenvalue weighted by molar-refractivity contribution is 5.89. The third kappa shape index (κ3) is 3.16. The van der Waals surface area contributed by atoms with Crippen LogP contribution in [0.5, 0.6) is 0 Å². The summed E-state index contributed by atoms with van der Waals surface area (Å²) in [6.07, 6.45) is -5.48. The van der Waals surface area contributed by atoms with Crippen molar-refractivity contribution in [1.82, 2.24) is 9.78 Å². The van der Waals surface area contributed by atoms with Crippen LogP contribution in [0.2, 0.25) is 0 Å². The van der Waals surface area contributed by atoms with E-state index in [0.717, 1.165) is 6.92 Å². The van der Waals surface area contributed by atoms with Gasteiger partial charge in [0.1, 0.15) is 17.4 Å². The highest BCUT2D eigenvalue weighted by Gasteiger charge is 2.43. The van der Waals surface area contributed by atoms with Gasteiger partial charge in [-0.3, -0.25) is 14.9 Å². The second kappa shape index (κ2) is 6.27. The van der Waals surface area contributed by atoms with Crippen molar-refractivity contribution in [1.29, 1.82) is 0 Å². The minimum absolute atomic E-state index is 0.0968. The largest absolute Gasteiger partial charge is 0.422 e. The number of anilines is 1. The molecule has 2 rings (SSSR count). The summed E-state index contributed by atoms with van der Waals surface area (Å²) in [5.74, 6) is -12.2. The van der Waals surface area contributed by atoms with Crippen LogP contribution in [-0.2, 0) is 11.0 Å². The van der Waals surface area contributed by atoms with E-state index in [1.807, 2.05) is 5.32 Å². The van der Waals surface area contributed by atoms with Gasteiger partial charge in [-0.1, -0.05) is 0 Å². The molecule has 7 nitrogen and oxygen atoms in total. The molecular weight excluding hydrogens is 381 g/mol. The van der Waals surface area contributed by atoms with E-state index in [4.69, 9.17) is 0 Å². The number of aromatic nitrogens is 2. The first-order chi connectivity index (χ1) is 11.9. The average molecular weight is 386 g/mol. The lowest BCUT2D eigenvalue weighted by Crippen LogP contribution is -2.18. The summed E-state index contributed by atoms with van der Waals surface area (Å²) >= 11 is 0. The number of rotatable bonds is 3. The summed E-state index contributed by atoms with van der Waals surface area (Å²) in [6.45, 7) is 0.904. The third-order valence-electron chi connectivity index (χ3n) is 2.94. The molecule has 0 aliphatic rings. The molecular formula is C12H5F7N4O3. The van der Waals surface area contributed by atoms with Crippen LogP contribution in [0.3, 0.4) is 0 Å². The fourth-order valence-corrected chi connectivity index (χ4v) is 1.94. The minimum Gasteiger partial charge on any atom is -0.304 e. The van der Waals surface area contributed by atoms with Gasteiger partial charge in [-0.15, -0.1) is 5.10 Å². The van der Waals surface area contributed by atoms with Crippen molar-refractivity contribution in [2.75, 3.05) is 5.32 Å². The lowest BCUT2D eigenvalue weighted by molar-refractivity contribution is -0.384. The predicted octanol–water partition coefficient (Wildman–Crippen LogP) is 3.31. The van der Waals surface area contributed by atoms with Crippen LogP contribution in [0.1, 0.15) is 12.5 Å². The maximum absolute atomic E-state index is 13.9. The van der Waals surface area contributed by atoms with E-state index in [1.165, 1.54) is 0 Å². The number of nitrogens with zero attached hydrogens (tertiary/aromatic N) is 3. The number of alkyl halides is 3. The van der Waals surface area contributed by atoms with Crippen LogP contribution in [0.25, 0.3) is 5.69 Å². The normalized spacial score (nSPS) is 11.5. The van der Waals surface area contributed by atoms with Crippen LogP contribution < -0.4 is 5.32 Å². The van der Waals surface area contributed by atoms with Gasteiger partial charge in [0.05, 0.1) is 4.92 Å². The monoisotopic (exact) mass is 386 g/mol. The second-order valence-electron chi connectivity index (χ2n) is 4.72. The maximum atomic E-state index is 13.9. The molecule has 26 heavy (non-hydrogen) atoms. The summed E-state index contributed by atoms with van der Waals surface area (Å²) in [7, 11) is 0. The molecule has 0 atom stereocenters. The Kier molecular flexibility index (Phi) is 4.62. The van der Waals surface area contributed by atoms with Crippen LogP contribution in [0.4, 0.5) is 42.2 Å². The molecule has 0 radical (unpaired) electrons. The zero-order valence-electron chi connectivity index (χ0n) is 12.3. The van der Waals surface area contributed by atoms with Gasteiger partial charge in [0.25, 0.3) is 0 Å². The molecule has 1 amide bonds. The first kappa shape index (κ1) is 19.1. The van der Waals surface area contributed by atoms with Crippen molar-refractivity contribution >= 4 is 17.4 Å². The Bertz CT molecular complexity index is 894. The van der Waals surface area contributed by atoms with Gasteiger partial charge in [0.2, 0.25) is 11.7 Å². The first-order valence-corrected chi connectivity index (χ1v) is 6.31. The zero-order valence-corrected chi connectivity index (χ0v) is 12.3. The molecule has 1 heterocycles. The number of benzene rings is 1. The lowest BCUT2D eigenvalue weighted by atomic mass is 10.1. The van der Waals surface area contributed by atoms with Crippen LogP contribution in [-0.4, -0.2) is 20.6 Å². The van der Waals surface area contributed by atoms with Crippen LogP contribution in [0, 0.1) is 33.4 Å². The SMILES string of the molecule is CC(=O)Nc1nn(-c2c(F)c(F)c(C(F)(F)F)c(F)c2F)cc1[N+](=O)[O-]. The van der Waals surface area contributed by atoms with E-state index in [9.17, 15) is 45.6 Å². The van der Waals surface area contributed by atoms with Crippen molar-refractivity contribution in [3.63, 3.8) is 0 Å². The number of carbonyl (C=O) groups is 1. The number of halogens is 7. The van der Waals surface area contributed by atoms with Crippen molar-refractivity contribution in [3.8, 4) is 5.69 Å². The molecule has 1 N–H and O–H groups in total. The van der Waals surface area contributed by atoms with E-state index in [0.29, 0.717) is 0 Å². The first-order valence-electron chi connectivity index (χ1n) is 6.31. The van der Waals surface area contributed by atoms with Crippen molar-refractivity contribution < 1.29 is 40.5 Å². The molecule has 0 saturated carbocycles. The van der Waals surface area contributed by atoms with Crippen molar-refractivity contribution in [3.05, 3.63) is 45.1 Å². The molecule has 140 valence electrons. The van der Waals surface area contributed by atoms with Gasteiger partial charge in [-0.2, -0.15) is 13.2 Å². The quantitative estimate of drug-likeness (QED) is 0.379. The Morgan fingerprint density at radius 1 is 1.15 bits per heavy atom. The average Bonchev–Trinajstić information content (AvgIpc) is 2.87. The minimum atomic E-state index is -5.74. The molecule has 1 aromatic heterocycles. The summed E-state index contributed by atoms with van der Waals surface area (Å²) in [4.78, 5) is 20.7. The van der Waals surface area contributed by atoms with Gasteiger partial charge in [-0.05, 0) is 0 Å². The van der Waals surface area contributed by atoms with Gasteiger partial charge in [-0.25, -0.2) is 22.2 Å². The number of carbonyl (C=O) groups excluding carboxylic acids is 1. The van der Waals surface area contributed by atoms with E-state index in [1.54, 1.807) is 0 Å². The molecule has 1 aromatic carbocycles. The molecule has 0 unspecified atom stereocenters. The van der Waals surface area contributed by atoms with E-state index < -0.39 is 63.0 Å². The second-order valence-corrected chi connectivity index (χ2v) is 4.72. The Hall–Kier alpha value is -3.19. The zero-order chi connectivity index (χ0) is 20.0. The molecule has 14 heteroatoms. The Morgan fingerprint density at radius 2 is 1.65 bits per heavy atom. The Labute approximate surface area is 138 Å². The van der Waals surface area contributed by atoms with Crippen LogP contribution in [0.15, 0.2) is 6.20 Å². The number of hydrogen-bond donors (Lipinski definition) is 1. The summed E-state index contributed by atoms with van der Waals surface area (Å²) in [6, 6.07) is 0. The van der Waals surface area contributed by atoms with Gasteiger partial charge in [0.15, 0.2) is 23.3 Å². The topological polar surface area (TPSA) is 90.1 Å². The van der Waals surface area contributed by atoms with E-state index in [2.05, 4.69) is 5.10 Å². The molecule has 0 aliphatic heterocycles. The number of amides is 1. The summed E-state index contributed by atoms with van der Waals surface area (Å²) < 4.78 is 92.6. The summed E-state index contributed by atoms with van der Waals surface area (Å²) in [5, 5.41) is 15.9. The third-order valence-corrected chi connectivity index (χ3v) is 2.94. The molecule has 2 aromatic rings. The lowest BCUT2D eigenvalue weighted by Gasteiger charge is -2.13. The standard InChI is InChI=1S/C12H5F7N4O3/c1-3(24)20-11-4(23(25)26)2-22(21-11)10-8(15)6(13)5(12(17,18)19)7(14)9(10)16/h2H,1H3,(H,20,21,24). The van der Waals surface area contributed by atoms with Gasteiger partial charge in [0, 0.05) is 6.92 Å². The van der Waals surface area contributed by atoms with E-state index >= 15 is 0 Å². The Balaban J connectivity index is 2.78. The molecule has 0 bridgehead atoms. The Morgan fingerprint density at radius 3 is 2.04 bits per heavy atom. The highest BCUT2D eigenvalue weighted by atomic mass is 19.4. The molecule has 0 spiro atoms. The van der Waals surface area contributed by atoms with Crippen LogP contribution >= 0.6 is 0 Å². The van der Waals surface area contributed by atoms with Crippen molar-refractivity contribution in [2.24, 2.45) is 0 Å². The molecule has 0 fully saturated rings. The van der Waals surface area contributed by atoms with Gasteiger partial charge < -0.3 is 5.32 Å². The van der Waals surface area contributed by atoms with E-state index in [-0.39, 0.29) is 10.9 Å². The fraction of sp³-hybridized carbons (Fsp3) is 0.167. The highest BCUT2D eigenvalue weighted by Crippen LogP contribution is 2.38.